The number of aromatic nitrogens is 6. The van der Waals surface area contributed by atoms with E-state index in [1.54, 1.807) is 6.20 Å². The molecule has 7 saturated heterocycles. The van der Waals surface area contributed by atoms with Gasteiger partial charge in [0.1, 0.15) is 0 Å². The molecular formula is C112H193N15O2S. The summed E-state index contributed by atoms with van der Waals surface area (Å²) < 4.78 is 14.0. The number of benzene rings is 3. The molecule has 1 amide bonds. The molecule has 17 nitrogen and oxygen atoms in total. The number of ether oxygens (including phenoxy) is 1. The van der Waals surface area contributed by atoms with E-state index in [0.29, 0.717) is 33.2 Å². The number of piperidine rings is 1. The lowest BCUT2D eigenvalue weighted by Gasteiger charge is -2.38. The van der Waals surface area contributed by atoms with Crippen LogP contribution in [0.5, 0.6) is 0 Å². The van der Waals surface area contributed by atoms with E-state index in [1.807, 2.05) is 93.1 Å². The third-order valence-electron chi connectivity index (χ3n) is 25.5. The van der Waals surface area contributed by atoms with Crippen molar-refractivity contribution >= 4 is 39.6 Å². The van der Waals surface area contributed by atoms with Crippen LogP contribution >= 0.6 is 11.8 Å². The maximum atomic E-state index is 12.2. The number of para-hydroxylation sites is 3. The van der Waals surface area contributed by atoms with Crippen molar-refractivity contribution in [3.05, 3.63) is 182 Å². The Kier molecular flexibility index (Phi) is 45.5. The standard InChI is InChI=1S/C13H17NO.C12H17N.C12H15N.C11H14N2.C10H21N.C9H19N.C8H17NO.C8H17NS.C8H17N.C8H13N.C7H12N2.C6H14N2/c1-9-10-7-5-6-8-11(10)12(15)14(9)13(2,3)4;1-12(2,3)13-8-10-6-4-5-7-11(10)9-13;1-12(2,3)13-9-8-10-6-4-5-7-11(10)13;1-11(2,3)13-8-12-9-6-4-5-7-10(9)13;1-10(2,3)11-8-6-4-5-7-9-11;1-9(2,3)10-7-5-4-6-8-10;2*1-8(2,3)9-4-6-10-7-5-9;2*1-8(2,3)9-6-4-5-7-9;1-7(2,3)9-5-4-8-6-9;1-7-3-5-8(2)6-4-7/h5-8,10-11H,1H2,2-4H3;4-7H,8-9H2,1-3H3;4-9H,1-3H3;4-8H,1-3H3;4-9H2,1-3H3;4-8H2,1-3H3;2*4-7H2,1-3H3;4-7H2,1-3H3;4-7H,1-3H3;4-6H,1-3H3;3-6H2,1-2H3. The lowest BCUT2D eigenvalue weighted by molar-refractivity contribution is -0.132. The van der Waals surface area contributed by atoms with Crippen LogP contribution in [0.3, 0.4) is 0 Å². The van der Waals surface area contributed by atoms with E-state index >= 15 is 0 Å². The van der Waals surface area contributed by atoms with Gasteiger partial charge in [-0.1, -0.05) is 105 Å². The molecule has 12 heterocycles. The third kappa shape index (κ3) is 40.4. The monoisotopic (exact) mass is 1810 g/mol. The maximum Gasteiger partial charge on any atom is 0.235 e. The molecule has 1 aliphatic carbocycles. The summed E-state index contributed by atoms with van der Waals surface area (Å²) in [5.41, 5.74) is 10.2. The molecule has 9 aliphatic rings. The zero-order valence-electron chi connectivity index (χ0n) is 89.8. The quantitative estimate of drug-likeness (QED) is 0.144. The van der Waals surface area contributed by atoms with E-state index in [9.17, 15) is 4.79 Å². The van der Waals surface area contributed by atoms with Gasteiger partial charge in [0.15, 0.2) is 0 Å². The number of likely N-dealkylation sites (N-methyl/N-ethyl adjacent to an activating group) is 2. The number of fused-ring (bicyclic) bond motifs is 4. The number of thioether (sulfide) groups is 1. The highest BCUT2D eigenvalue weighted by molar-refractivity contribution is 7.99. The van der Waals surface area contributed by atoms with Gasteiger partial charge in [0.25, 0.3) is 0 Å². The number of piperazine rings is 1. The fourth-order valence-electron chi connectivity index (χ4n) is 16.8. The van der Waals surface area contributed by atoms with Gasteiger partial charge in [-0.15, -0.1) is 0 Å². The minimum atomic E-state index is -0.173. The topological polar surface area (TPSA) is 101 Å². The Morgan fingerprint density at radius 3 is 1.08 bits per heavy atom. The lowest BCUT2D eigenvalue weighted by atomic mass is 9.90. The van der Waals surface area contributed by atoms with Gasteiger partial charge in [0, 0.05) is 186 Å². The highest BCUT2D eigenvalue weighted by atomic mass is 32.2. The van der Waals surface area contributed by atoms with Crippen molar-refractivity contribution in [1.82, 2.24) is 72.3 Å². The molecule has 4 aromatic heterocycles. The lowest BCUT2D eigenvalue weighted by Crippen LogP contribution is -2.47. The van der Waals surface area contributed by atoms with Crippen LogP contribution in [0.25, 0.3) is 21.9 Å². The molecule has 7 aromatic rings. The second-order valence-electron chi connectivity index (χ2n) is 47.8. The molecule has 0 spiro atoms. The number of carbonyl (C=O) groups excluding carboxylic acids is 1. The molecular weight excluding hydrogens is 1620 g/mol. The van der Waals surface area contributed by atoms with Gasteiger partial charge >= 0.3 is 0 Å². The van der Waals surface area contributed by atoms with E-state index in [4.69, 9.17) is 4.74 Å². The largest absolute Gasteiger partial charge is 0.379 e. The highest BCUT2D eigenvalue weighted by Crippen LogP contribution is 2.41. The Hall–Kier alpha value is -6.16. The first-order valence-electron chi connectivity index (χ1n) is 49.8. The van der Waals surface area contributed by atoms with Crippen LogP contribution in [0.4, 0.5) is 0 Å². The smallest absolute Gasteiger partial charge is 0.235 e. The van der Waals surface area contributed by atoms with Crippen LogP contribution in [-0.2, 0) is 44.8 Å². The number of carbonyl (C=O) groups is 1. The second kappa shape index (κ2) is 51.7. The van der Waals surface area contributed by atoms with Crippen molar-refractivity contribution in [3.8, 4) is 0 Å². The predicted molar refractivity (Wildman–Crippen MR) is 566 cm³/mol. The first-order chi connectivity index (χ1) is 60.2. The van der Waals surface area contributed by atoms with Gasteiger partial charge in [-0.25, -0.2) is 9.97 Å². The van der Waals surface area contributed by atoms with Gasteiger partial charge in [0.05, 0.1) is 42.8 Å². The van der Waals surface area contributed by atoms with Crippen molar-refractivity contribution in [3.63, 3.8) is 0 Å². The number of allylic oxidation sites excluding steroid dienone is 3. The molecule has 7 fully saturated rings. The number of amides is 1. The molecule has 0 saturated carbocycles. The fraction of sp³-hybridized carbons (Fsp3) is 0.688. The molecule has 8 aliphatic heterocycles. The van der Waals surface area contributed by atoms with Crippen molar-refractivity contribution in [2.45, 2.75) is 360 Å². The Labute approximate surface area is 801 Å². The van der Waals surface area contributed by atoms with Crippen molar-refractivity contribution in [2.24, 2.45) is 11.8 Å². The molecule has 0 radical (unpaired) electrons. The van der Waals surface area contributed by atoms with Crippen LogP contribution in [0, 0.1) is 11.8 Å². The number of rotatable bonds is 0. The first-order valence-corrected chi connectivity index (χ1v) is 50.9. The zero-order valence-corrected chi connectivity index (χ0v) is 90.6. The summed E-state index contributed by atoms with van der Waals surface area (Å²) in [5, 5.41) is 1.32. The summed E-state index contributed by atoms with van der Waals surface area (Å²) in [4.78, 5) is 42.3. The molecule has 0 bridgehead atoms. The Morgan fingerprint density at radius 1 is 0.346 bits per heavy atom. The van der Waals surface area contributed by atoms with Crippen LogP contribution < -0.4 is 0 Å². The summed E-state index contributed by atoms with van der Waals surface area (Å²) >= 11 is 2.07. The van der Waals surface area contributed by atoms with Gasteiger partial charge < -0.3 is 37.7 Å². The number of hydrogen-bond donors (Lipinski definition) is 0. The van der Waals surface area contributed by atoms with Gasteiger partial charge in [0.2, 0.25) is 5.91 Å². The van der Waals surface area contributed by atoms with E-state index in [2.05, 4.69) is 393 Å². The average Bonchev–Trinajstić information content (AvgIpc) is 1.62. The Balaban J connectivity index is 0.000000252. The number of likely N-dealkylation sites (tertiary alicyclic amines) is 4. The highest BCUT2D eigenvalue weighted by Gasteiger charge is 2.46. The second-order valence-corrected chi connectivity index (χ2v) is 49.1. The number of nitrogens with zero attached hydrogens (tertiary/aromatic N) is 15. The van der Waals surface area contributed by atoms with Crippen molar-refractivity contribution < 1.29 is 9.53 Å². The van der Waals surface area contributed by atoms with Crippen LogP contribution in [0.1, 0.15) is 297 Å². The Morgan fingerprint density at radius 2 is 0.723 bits per heavy atom. The summed E-state index contributed by atoms with van der Waals surface area (Å²) in [6.45, 7) is 99.1. The minimum Gasteiger partial charge on any atom is -0.379 e. The van der Waals surface area contributed by atoms with E-state index in [1.165, 1.54) is 175 Å². The summed E-state index contributed by atoms with van der Waals surface area (Å²) in [5.74, 6) is 2.95. The Bertz CT molecular complexity index is 4050. The van der Waals surface area contributed by atoms with Crippen LogP contribution in [-0.4, -0.2) is 247 Å². The van der Waals surface area contributed by atoms with Gasteiger partial charge in [-0.05, 0) is 373 Å². The van der Waals surface area contributed by atoms with Gasteiger partial charge in [-0.3, -0.25) is 34.2 Å². The van der Waals surface area contributed by atoms with Crippen LogP contribution in [0.15, 0.2) is 171 Å². The van der Waals surface area contributed by atoms with Gasteiger partial charge in [-0.2, -0.15) is 11.8 Å². The third-order valence-corrected chi connectivity index (χ3v) is 26.4. The van der Waals surface area contributed by atoms with Crippen molar-refractivity contribution in [1.29, 1.82) is 0 Å². The first kappa shape index (κ1) is 114. The minimum absolute atomic E-state index is 0.0262. The van der Waals surface area contributed by atoms with E-state index in [-0.39, 0.29) is 45.4 Å². The maximum absolute atomic E-state index is 12.2. The normalized spacial score (nSPS) is 19.8. The summed E-state index contributed by atoms with van der Waals surface area (Å²) in [6, 6.07) is 31.7. The number of imidazole rings is 2. The van der Waals surface area contributed by atoms with E-state index in [0.717, 1.165) is 50.6 Å². The fourth-order valence-corrected chi connectivity index (χ4v) is 17.7. The average molecular weight is 1810 g/mol. The molecule has 18 heteroatoms. The molecule has 2 unspecified atom stereocenters. The zero-order chi connectivity index (χ0) is 97.5. The van der Waals surface area contributed by atoms with Crippen molar-refractivity contribution in [2.75, 3.05) is 130 Å². The molecule has 130 heavy (non-hydrogen) atoms. The molecule has 2 atom stereocenters. The molecule has 734 valence electrons. The summed E-state index contributed by atoms with van der Waals surface area (Å²) in [7, 11) is 4.35. The van der Waals surface area contributed by atoms with Crippen LogP contribution in [0.2, 0.25) is 0 Å². The predicted octanol–water partition coefficient (Wildman–Crippen LogP) is 25.0. The number of hydrogen-bond acceptors (Lipinski definition) is 13. The summed E-state index contributed by atoms with van der Waals surface area (Å²) in [6.07, 6.45) is 34.5. The SMILES string of the molecule is C=C1C2C=CC=CC2C(=O)N1C(C)(C)C.CC(C)(C)N1CCCC1.CC(C)(C)N1CCCCC1.CC(C)(C)N1CCCCCC1.CC(C)(C)N1CCOCC1.CC(C)(C)N1CCSCC1.CC(C)(C)N1Cc2ccccc2C1.CC(C)(C)n1ccc2ccccc21.CC(C)(C)n1cccc1.CC(C)(C)n1ccnc1.CC(C)(C)n1cnc2ccccc21.CN1CCN(C)CC1. The molecule has 0 N–H and O–H groups in total. The molecule has 3 aromatic carbocycles. The number of morpholine rings is 1. The van der Waals surface area contributed by atoms with E-state index < -0.39 is 0 Å². The molecule has 16 rings (SSSR count).